The molecule has 15 heteroatoms. The number of ether oxygens (including phenoxy) is 1. The van der Waals surface area contributed by atoms with Crippen LogP contribution in [0.5, 0.6) is 0 Å². The van der Waals surface area contributed by atoms with E-state index in [-0.39, 0.29) is 20.4 Å². The number of aromatic nitrogens is 4. The molecule has 1 fully saturated rings. The summed E-state index contributed by atoms with van der Waals surface area (Å²) in [6.45, 7) is 9.30. The van der Waals surface area contributed by atoms with Crippen molar-refractivity contribution in [3.05, 3.63) is 113 Å². The SMILES string of the molecule is C=C(CN1CCOCC1)C(=O)N(C)Cc1cccc([C@@H]2c3cnn(-c4ccccc4)c3N(CC)C(=O)[C@H]2NC(=O)c2nccc(C(F)(F)F)n2)c1.[HH]. The van der Waals surface area contributed by atoms with Crippen molar-refractivity contribution in [3.8, 4) is 5.69 Å². The zero-order valence-electron chi connectivity index (χ0n) is 28.1. The lowest BCUT2D eigenvalue weighted by Gasteiger charge is -2.38. The fourth-order valence-electron chi connectivity index (χ4n) is 6.45. The van der Waals surface area contributed by atoms with Crippen LogP contribution in [0, 0.1) is 0 Å². The number of benzene rings is 2. The van der Waals surface area contributed by atoms with Crippen molar-refractivity contribution in [1.29, 1.82) is 0 Å². The third kappa shape index (κ3) is 7.54. The van der Waals surface area contributed by atoms with Gasteiger partial charge in [0, 0.05) is 64.4 Å². The first-order chi connectivity index (χ1) is 24.5. The maximum Gasteiger partial charge on any atom is 0.433 e. The van der Waals surface area contributed by atoms with E-state index in [1.807, 2.05) is 42.5 Å². The molecule has 12 nitrogen and oxygen atoms in total. The highest BCUT2D eigenvalue weighted by Gasteiger charge is 2.45. The predicted octanol–water partition coefficient (Wildman–Crippen LogP) is 4.07. The van der Waals surface area contributed by atoms with Crippen LogP contribution in [0.4, 0.5) is 19.0 Å². The number of fused-ring (bicyclic) bond motifs is 1. The Morgan fingerprint density at radius 3 is 2.55 bits per heavy atom. The second-order valence-electron chi connectivity index (χ2n) is 12.3. The number of anilines is 1. The van der Waals surface area contributed by atoms with E-state index in [1.165, 1.54) is 4.90 Å². The number of alkyl halides is 3. The molecule has 0 saturated carbocycles. The Hall–Kier alpha value is -5.41. The van der Waals surface area contributed by atoms with Crippen LogP contribution < -0.4 is 10.2 Å². The fraction of sp³-hybridized carbons (Fsp3) is 0.333. The maximum atomic E-state index is 14.3. The largest absolute Gasteiger partial charge is 0.433 e. The monoisotopic (exact) mass is 704 g/mol. The molecule has 0 spiro atoms. The first-order valence-corrected chi connectivity index (χ1v) is 16.4. The maximum absolute atomic E-state index is 14.3. The minimum absolute atomic E-state index is 0. The number of carbonyl (C=O) groups is 3. The van der Waals surface area contributed by atoms with Crippen molar-refractivity contribution in [3.63, 3.8) is 0 Å². The van der Waals surface area contributed by atoms with Gasteiger partial charge in [0.25, 0.3) is 17.7 Å². The highest BCUT2D eigenvalue weighted by Crippen LogP contribution is 2.41. The van der Waals surface area contributed by atoms with E-state index in [0.717, 1.165) is 11.8 Å². The van der Waals surface area contributed by atoms with Gasteiger partial charge in [-0.2, -0.15) is 18.3 Å². The Bertz CT molecular complexity index is 1930. The molecular formula is C36H39F3N8O4. The van der Waals surface area contributed by atoms with Crippen molar-refractivity contribution in [2.45, 2.75) is 31.6 Å². The summed E-state index contributed by atoms with van der Waals surface area (Å²) in [6.07, 6.45) is -2.33. The smallest absolute Gasteiger partial charge is 0.379 e. The van der Waals surface area contributed by atoms with Crippen molar-refractivity contribution in [2.24, 2.45) is 0 Å². The normalized spacial score (nSPS) is 17.9. The van der Waals surface area contributed by atoms with Crippen LogP contribution in [-0.4, -0.2) is 99.8 Å². The summed E-state index contributed by atoms with van der Waals surface area (Å²) in [5, 5.41) is 7.28. The van der Waals surface area contributed by atoms with Gasteiger partial charge in [0.1, 0.15) is 17.6 Å². The second kappa shape index (κ2) is 14.8. The average molecular weight is 705 g/mol. The number of amides is 3. The average Bonchev–Trinajstić information content (AvgIpc) is 3.56. The van der Waals surface area contributed by atoms with Gasteiger partial charge in [0.05, 0.1) is 25.1 Å². The molecule has 6 rings (SSSR count). The molecule has 2 aliphatic rings. The van der Waals surface area contributed by atoms with Gasteiger partial charge in [-0.3, -0.25) is 24.2 Å². The zero-order chi connectivity index (χ0) is 36.3. The molecule has 0 radical (unpaired) electrons. The highest BCUT2D eigenvalue weighted by molar-refractivity contribution is 6.04. The number of para-hydroxylation sites is 1. The predicted molar refractivity (Wildman–Crippen MR) is 183 cm³/mol. The second-order valence-corrected chi connectivity index (χ2v) is 12.3. The van der Waals surface area contributed by atoms with Gasteiger partial charge in [-0.25, -0.2) is 14.6 Å². The molecule has 0 unspecified atom stereocenters. The minimum Gasteiger partial charge on any atom is -0.379 e. The molecule has 0 bridgehead atoms. The van der Waals surface area contributed by atoms with Gasteiger partial charge < -0.3 is 15.0 Å². The van der Waals surface area contributed by atoms with E-state index in [4.69, 9.17) is 4.74 Å². The molecule has 51 heavy (non-hydrogen) atoms. The number of hydrogen-bond acceptors (Lipinski definition) is 8. The van der Waals surface area contributed by atoms with Crippen molar-refractivity contribution >= 4 is 23.5 Å². The van der Waals surface area contributed by atoms with Gasteiger partial charge >= 0.3 is 6.18 Å². The van der Waals surface area contributed by atoms with E-state index in [1.54, 1.807) is 41.9 Å². The molecule has 1 N–H and O–H groups in total. The Kier molecular flexibility index (Phi) is 10.3. The number of halogens is 3. The number of nitrogens with zero attached hydrogens (tertiary/aromatic N) is 7. The summed E-state index contributed by atoms with van der Waals surface area (Å²) in [4.78, 5) is 53.5. The molecule has 0 aliphatic carbocycles. The summed E-state index contributed by atoms with van der Waals surface area (Å²) < 4.78 is 47.4. The van der Waals surface area contributed by atoms with Crippen LogP contribution >= 0.6 is 0 Å². The van der Waals surface area contributed by atoms with Crippen LogP contribution in [0.2, 0.25) is 0 Å². The van der Waals surface area contributed by atoms with Gasteiger partial charge in [0.2, 0.25) is 5.82 Å². The molecule has 4 aromatic rings. The standard InChI is InChI=1S/C36H37F3N8O4.H2/c1-4-46-33-27(20-41-47(33)26-11-6-5-7-12-26)29(30(35(46)50)43-32(48)31-40-14-13-28(42-31)36(37,38)39)25-10-8-9-24(19-25)22-44(3)34(49)23(2)21-45-15-17-51-18-16-45;/h5-14,19-20,29-30H,2,4,15-18,21-22H2,1,3H3,(H,43,48);1H/t29-,30+;/m1./s1. The van der Waals surface area contributed by atoms with Crippen molar-refractivity contribution < 1.29 is 33.7 Å². The molecule has 2 atom stereocenters. The first-order valence-electron chi connectivity index (χ1n) is 16.4. The van der Waals surface area contributed by atoms with E-state index in [9.17, 15) is 27.6 Å². The van der Waals surface area contributed by atoms with E-state index >= 15 is 0 Å². The number of morpholine rings is 1. The Morgan fingerprint density at radius 2 is 1.84 bits per heavy atom. The topological polar surface area (TPSA) is 126 Å². The molecular weight excluding hydrogens is 665 g/mol. The van der Waals surface area contributed by atoms with E-state index in [0.29, 0.717) is 67.1 Å². The van der Waals surface area contributed by atoms with Crippen LogP contribution in [0.1, 0.15) is 47.3 Å². The summed E-state index contributed by atoms with van der Waals surface area (Å²) >= 11 is 0. The van der Waals surface area contributed by atoms with Gasteiger partial charge in [0.15, 0.2) is 0 Å². The number of likely N-dealkylation sites (N-methyl/N-ethyl adjacent to an activating group) is 2. The number of nitrogens with one attached hydrogen (secondary N) is 1. The van der Waals surface area contributed by atoms with Crippen molar-refractivity contribution in [2.75, 3.05) is 51.3 Å². The molecule has 2 aromatic carbocycles. The fourth-order valence-corrected chi connectivity index (χ4v) is 6.45. The summed E-state index contributed by atoms with van der Waals surface area (Å²) in [5.41, 5.74) is 1.84. The lowest BCUT2D eigenvalue weighted by Crippen LogP contribution is -2.55. The molecule has 1 saturated heterocycles. The Balaban J connectivity index is 0.00000523. The van der Waals surface area contributed by atoms with Crippen LogP contribution in [0.25, 0.3) is 5.69 Å². The minimum atomic E-state index is -4.80. The Labute approximate surface area is 294 Å². The highest BCUT2D eigenvalue weighted by atomic mass is 19.4. The van der Waals surface area contributed by atoms with Crippen LogP contribution in [0.15, 0.2) is 85.2 Å². The van der Waals surface area contributed by atoms with Gasteiger partial charge in [-0.05, 0) is 36.2 Å². The molecule has 4 heterocycles. The van der Waals surface area contributed by atoms with Crippen LogP contribution in [-0.2, 0) is 27.0 Å². The summed E-state index contributed by atoms with van der Waals surface area (Å²) in [5.74, 6) is -2.80. The number of carbonyl (C=O) groups excluding carboxylic acids is 3. The van der Waals surface area contributed by atoms with Crippen LogP contribution in [0.3, 0.4) is 0 Å². The molecule has 2 aromatic heterocycles. The van der Waals surface area contributed by atoms with Gasteiger partial charge in [-0.15, -0.1) is 0 Å². The number of rotatable bonds is 10. The summed E-state index contributed by atoms with van der Waals surface area (Å²) in [6, 6.07) is 15.9. The molecule has 3 amide bonds. The van der Waals surface area contributed by atoms with Gasteiger partial charge in [-0.1, -0.05) is 49.0 Å². The first kappa shape index (κ1) is 35.4. The van der Waals surface area contributed by atoms with E-state index < -0.39 is 41.5 Å². The third-order valence-electron chi connectivity index (χ3n) is 8.88. The lowest BCUT2D eigenvalue weighted by atomic mass is 9.82. The van der Waals surface area contributed by atoms with E-state index in [2.05, 4.69) is 31.9 Å². The zero-order valence-corrected chi connectivity index (χ0v) is 28.1. The summed E-state index contributed by atoms with van der Waals surface area (Å²) in [7, 11) is 1.68. The molecule has 268 valence electrons. The third-order valence-corrected chi connectivity index (χ3v) is 8.88. The molecule has 2 aliphatic heterocycles. The quantitative estimate of drug-likeness (QED) is 0.245. The Morgan fingerprint density at radius 1 is 1.10 bits per heavy atom. The van der Waals surface area contributed by atoms with Crippen molar-refractivity contribution in [1.82, 2.24) is 34.9 Å². The number of hydrogen-bond donors (Lipinski definition) is 1. The lowest BCUT2D eigenvalue weighted by molar-refractivity contribution is -0.141.